The van der Waals surface area contributed by atoms with Crippen molar-refractivity contribution in [3.63, 3.8) is 0 Å². The molecule has 0 atom stereocenters. The van der Waals surface area contributed by atoms with Crippen molar-refractivity contribution < 1.29 is 4.74 Å². The van der Waals surface area contributed by atoms with Gasteiger partial charge in [0.15, 0.2) is 0 Å². The third-order valence-electron chi connectivity index (χ3n) is 2.75. The van der Waals surface area contributed by atoms with Gasteiger partial charge >= 0.3 is 0 Å². The summed E-state index contributed by atoms with van der Waals surface area (Å²) in [6.45, 7) is 3.68. The van der Waals surface area contributed by atoms with Gasteiger partial charge in [-0.2, -0.15) is 0 Å². The third-order valence-corrected chi connectivity index (χ3v) is 2.75. The zero-order valence-electron chi connectivity index (χ0n) is 11.3. The monoisotopic (exact) mass is 257 g/mol. The molecule has 0 radical (unpaired) electrons. The first-order chi connectivity index (χ1) is 9.31. The van der Waals surface area contributed by atoms with Gasteiger partial charge in [0.25, 0.3) is 0 Å². The second-order valence-corrected chi connectivity index (χ2v) is 4.17. The summed E-state index contributed by atoms with van der Waals surface area (Å²) in [7, 11) is 1.68. The molecule has 2 N–H and O–H groups in total. The molecule has 0 saturated heterocycles. The van der Waals surface area contributed by atoms with E-state index in [1.807, 2.05) is 30.3 Å². The van der Waals surface area contributed by atoms with Crippen LogP contribution in [0.3, 0.4) is 0 Å². The van der Waals surface area contributed by atoms with Crippen LogP contribution in [0.15, 0.2) is 42.6 Å². The molecule has 1 heterocycles. The van der Waals surface area contributed by atoms with Crippen molar-refractivity contribution in [1.29, 1.82) is 0 Å². The summed E-state index contributed by atoms with van der Waals surface area (Å²) in [5.74, 6) is 1.76. The molecule has 2 rings (SSSR count). The predicted molar refractivity (Wildman–Crippen MR) is 78.7 cm³/mol. The fraction of sp³-hybridized carbons (Fsp3) is 0.267. The van der Waals surface area contributed by atoms with E-state index < -0.39 is 0 Å². The Morgan fingerprint density at radius 1 is 1.16 bits per heavy atom. The summed E-state index contributed by atoms with van der Waals surface area (Å²) in [6, 6.07) is 12.0. The van der Waals surface area contributed by atoms with Gasteiger partial charge in [-0.1, -0.05) is 12.1 Å². The summed E-state index contributed by atoms with van der Waals surface area (Å²) < 4.78 is 5.21. The number of nitrogens with zero attached hydrogens (tertiary/aromatic N) is 1. The zero-order valence-corrected chi connectivity index (χ0v) is 11.3. The first-order valence-electron chi connectivity index (χ1n) is 6.38. The molecule has 4 heteroatoms. The van der Waals surface area contributed by atoms with Crippen LogP contribution in [0.5, 0.6) is 5.75 Å². The van der Waals surface area contributed by atoms with E-state index in [0.29, 0.717) is 0 Å². The van der Waals surface area contributed by atoms with E-state index in [4.69, 9.17) is 4.74 Å². The summed E-state index contributed by atoms with van der Waals surface area (Å²) in [6.07, 6.45) is 1.80. The molecule has 0 aliphatic heterocycles. The lowest BCUT2D eigenvalue weighted by molar-refractivity contribution is 0.414. The molecular weight excluding hydrogens is 238 g/mol. The fourth-order valence-electron chi connectivity index (χ4n) is 1.80. The van der Waals surface area contributed by atoms with Crippen molar-refractivity contribution in [2.24, 2.45) is 0 Å². The Labute approximate surface area is 113 Å². The summed E-state index contributed by atoms with van der Waals surface area (Å²) in [5, 5.41) is 6.57. The Hall–Kier alpha value is -2.23. The van der Waals surface area contributed by atoms with Crippen molar-refractivity contribution in [3.05, 3.63) is 48.2 Å². The van der Waals surface area contributed by atoms with E-state index in [9.17, 15) is 0 Å². The van der Waals surface area contributed by atoms with Crippen molar-refractivity contribution in [3.8, 4) is 5.75 Å². The van der Waals surface area contributed by atoms with Crippen LogP contribution in [0.4, 0.5) is 11.5 Å². The standard InChI is InChI=1S/C15H19N3O/c1-3-16-15-10-13(7-8-17-15)18-11-12-5-4-6-14(9-12)19-2/h4-10H,3,11H2,1-2H3,(H2,16,17,18). The van der Waals surface area contributed by atoms with E-state index in [1.54, 1.807) is 13.3 Å². The van der Waals surface area contributed by atoms with Crippen LogP contribution in [0.25, 0.3) is 0 Å². The van der Waals surface area contributed by atoms with E-state index in [2.05, 4.69) is 28.6 Å². The SMILES string of the molecule is CCNc1cc(NCc2cccc(OC)c2)ccn1. The minimum Gasteiger partial charge on any atom is -0.497 e. The minimum absolute atomic E-state index is 0.757. The Bertz CT molecular complexity index is 528. The van der Waals surface area contributed by atoms with Crippen LogP contribution < -0.4 is 15.4 Å². The lowest BCUT2D eigenvalue weighted by Gasteiger charge is -2.09. The number of hydrogen-bond donors (Lipinski definition) is 2. The summed E-state index contributed by atoms with van der Waals surface area (Å²) >= 11 is 0. The van der Waals surface area contributed by atoms with Gasteiger partial charge in [0.2, 0.25) is 0 Å². The number of aromatic nitrogens is 1. The van der Waals surface area contributed by atoms with Crippen LogP contribution >= 0.6 is 0 Å². The highest BCUT2D eigenvalue weighted by Gasteiger charge is 1.98. The molecule has 2 aromatic rings. The summed E-state index contributed by atoms with van der Waals surface area (Å²) in [4.78, 5) is 4.24. The molecule has 0 aliphatic carbocycles. The Kier molecular flexibility index (Phi) is 4.61. The van der Waals surface area contributed by atoms with Gasteiger partial charge in [-0.25, -0.2) is 4.98 Å². The van der Waals surface area contributed by atoms with Gasteiger partial charge in [-0.05, 0) is 30.7 Å². The molecule has 19 heavy (non-hydrogen) atoms. The van der Waals surface area contributed by atoms with Gasteiger partial charge in [0.05, 0.1) is 7.11 Å². The lowest BCUT2D eigenvalue weighted by atomic mass is 10.2. The van der Waals surface area contributed by atoms with Gasteiger partial charge in [-0.3, -0.25) is 0 Å². The third kappa shape index (κ3) is 3.88. The predicted octanol–water partition coefficient (Wildman–Crippen LogP) is 3.13. The average molecular weight is 257 g/mol. The molecule has 0 aliphatic rings. The van der Waals surface area contributed by atoms with E-state index in [1.165, 1.54) is 5.56 Å². The van der Waals surface area contributed by atoms with Gasteiger partial charge in [-0.15, -0.1) is 0 Å². The zero-order chi connectivity index (χ0) is 13.5. The highest BCUT2D eigenvalue weighted by Crippen LogP contribution is 2.16. The number of ether oxygens (including phenoxy) is 1. The maximum Gasteiger partial charge on any atom is 0.127 e. The molecule has 100 valence electrons. The van der Waals surface area contributed by atoms with Crippen molar-refractivity contribution >= 4 is 11.5 Å². The number of rotatable bonds is 6. The fourth-order valence-corrected chi connectivity index (χ4v) is 1.80. The summed E-state index contributed by atoms with van der Waals surface area (Å²) in [5.41, 5.74) is 2.23. The smallest absolute Gasteiger partial charge is 0.127 e. The van der Waals surface area contributed by atoms with Crippen LogP contribution in [0, 0.1) is 0 Å². The number of benzene rings is 1. The molecule has 0 amide bonds. The molecule has 0 saturated carbocycles. The second kappa shape index (κ2) is 6.64. The molecule has 4 nitrogen and oxygen atoms in total. The van der Waals surface area contributed by atoms with Crippen molar-refractivity contribution in [2.45, 2.75) is 13.5 Å². The molecular formula is C15H19N3O. The number of nitrogens with one attached hydrogen (secondary N) is 2. The number of pyridine rings is 1. The maximum atomic E-state index is 5.21. The minimum atomic E-state index is 0.757. The van der Waals surface area contributed by atoms with E-state index in [-0.39, 0.29) is 0 Å². The molecule has 1 aromatic heterocycles. The Morgan fingerprint density at radius 2 is 2.05 bits per heavy atom. The number of anilines is 2. The molecule has 0 bridgehead atoms. The molecule has 0 fully saturated rings. The van der Waals surface area contributed by atoms with Gasteiger partial charge in [0.1, 0.15) is 11.6 Å². The van der Waals surface area contributed by atoms with Gasteiger partial charge in [0, 0.05) is 31.0 Å². The van der Waals surface area contributed by atoms with Crippen molar-refractivity contribution in [2.75, 3.05) is 24.3 Å². The average Bonchev–Trinajstić information content (AvgIpc) is 2.46. The van der Waals surface area contributed by atoms with Gasteiger partial charge < -0.3 is 15.4 Å². The van der Waals surface area contributed by atoms with Crippen molar-refractivity contribution in [1.82, 2.24) is 4.98 Å². The highest BCUT2D eigenvalue weighted by molar-refractivity contribution is 5.52. The number of methoxy groups -OCH3 is 1. The first-order valence-corrected chi connectivity index (χ1v) is 6.38. The van der Waals surface area contributed by atoms with Crippen LogP contribution in [-0.4, -0.2) is 18.6 Å². The molecule has 0 unspecified atom stereocenters. The van der Waals surface area contributed by atoms with E-state index >= 15 is 0 Å². The lowest BCUT2D eigenvalue weighted by Crippen LogP contribution is -2.02. The topological polar surface area (TPSA) is 46.2 Å². The Morgan fingerprint density at radius 3 is 2.84 bits per heavy atom. The quantitative estimate of drug-likeness (QED) is 0.834. The molecule has 1 aromatic carbocycles. The normalized spacial score (nSPS) is 10.0. The van der Waals surface area contributed by atoms with Crippen LogP contribution in [-0.2, 0) is 6.54 Å². The highest BCUT2D eigenvalue weighted by atomic mass is 16.5. The molecule has 0 spiro atoms. The second-order valence-electron chi connectivity index (χ2n) is 4.17. The first kappa shape index (κ1) is 13.2. The van der Waals surface area contributed by atoms with E-state index in [0.717, 1.165) is 30.3 Å². The van der Waals surface area contributed by atoms with Crippen LogP contribution in [0.2, 0.25) is 0 Å². The van der Waals surface area contributed by atoms with Crippen LogP contribution in [0.1, 0.15) is 12.5 Å². The number of hydrogen-bond acceptors (Lipinski definition) is 4. The maximum absolute atomic E-state index is 5.21. The largest absolute Gasteiger partial charge is 0.497 e. The Balaban J connectivity index is 1.99.